The summed E-state index contributed by atoms with van der Waals surface area (Å²) in [6.45, 7) is 0. The Labute approximate surface area is 347 Å². The Morgan fingerprint density at radius 2 is 0.767 bits per heavy atom. The van der Waals surface area contributed by atoms with E-state index >= 15 is 0 Å². The molecule has 0 aliphatic carbocycles. The lowest BCUT2D eigenvalue weighted by molar-refractivity contribution is 0.669. The number of para-hydroxylation sites is 6. The summed E-state index contributed by atoms with van der Waals surface area (Å²) in [5, 5.41) is 7.91. The summed E-state index contributed by atoms with van der Waals surface area (Å²) in [6, 6.07) is 68.9. The van der Waals surface area contributed by atoms with Crippen molar-refractivity contribution in [3.63, 3.8) is 0 Å². The van der Waals surface area contributed by atoms with Gasteiger partial charge in [0.1, 0.15) is 22.3 Å². The predicted octanol–water partition coefficient (Wildman–Crippen LogP) is 15.9. The molecule has 0 N–H and O–H groups in total. The molecular weight excluding hydrogens is 753 g/mol. The van der Waals surface area contributed by atoms with Gasteiger partial charge in [-0.15, -0.1) is 0 Å². The molecule has 0 amide bonds. The lowest BCUT2D eigenvalue weighted by atomic mass is 9.95. The topological polar surface area (TPSA) is 44.1 Å². The highest BCUT2D eigenvalue weighted by Gasteiger charge is 2.21. The zero-order chi connectivity index (χ0) is 39.3. The van der Waals surface area contributed by atoms with Crippen LogP contribution in [-0.4, -0.2) is 9.55 Å². The second kappa shape index (κ2) is 12.9. The molecule has 0 atom stereocenters. The molecule has 0 spiro atoms. The van der Waals surface area contributed by atoms with Gasteiger partial charge in [0.15, 0.2) is 5.13 Å². The molecule has 9 aromatic carbocycles. The van der Waals surface area contributed by atoms with Crippen molar-refractivity contribution in [1.29, 1.82) is 0 Å². The van der Waals surface area contributed by atoms with Crippen LogP contribution in [-0.2, 0) is 0 Å². The summed E-state index contributed by atoms with van der Waals surface area (Å²) >= 11 is 1.75. The third kappa shape index (κ3) is 4.93. The van der Waals surface area contributed by atoms with E-state index in [2.05, 4.69) is 174 Å². The van der Waals surface area contributed by atoms with Crippen LogP contribution in [0.5, 0.6) is 0 Å². The number of rotatable bonds is 5. The van der Waals surface area contributed by atoms with E-state index in [-0.39, 0.29) is 0 Å². The summed E-state index contributed by atoms with van der Waals surface area (Å²) in [5.41, 5.74) is 15.8. The van der Waals surface area contributed by atoms with Crippen molar-refractivity contribution in [1.82, 2.24) is 9.55 Å². The van der Waals surface area contributed by atoms with Crippen LogP contribution in [0.2, 0.25) is 0 Å². The van der Waals surface area contributed by atoms with Crippen molar-refractivity contribution in [3.05, 3.63) is 194 Å². The van der Waals surface area contributed by atoms with Gasteiger partial charge in [0.2, 0.25) is 0 Å². The zero-order valence-corrected chi connectivity index (χ0v) is 32.9. The fourth-order valence-corrected chi connectivity index (χ4v) is 10.4. The molecule has 0 fully saturated rings. The van der Waals surface area contributed by atoms with Gasteiger partial charge in [0, 0.05) is 54.6 Å². The maximum Gasteiger partial charge on any atom is 0.195 e. The second-order valence-corrected chi connectivity index (χ2v) is 16.4. The smallest absolute Gasteiger partial charge is 0.195 e. The first-order chi connectivity index (χ1) is 29.7. The van der Waals surface area contributed by atoms with E-state index in [4.69, 9.17) is 13.8 Å². The minimum atomic E-state index is 0.903. The highest BCUT2D eigenvalue weighted by Crippen LogP contribution is 2.44. The molecule has 0 radical (unpaired) electrons. The van der Waals surface area contributed by atoms with Gasteiger partial charge >= 0.3 is 0 Å². The predicted molar refractivity (Wildman–Crippen MR) is 250 cm³/mol. The van der Waals surface area contributed by atoms with Crippen molar-refractivity contribution in [3.8, 4) is 49.6 Å². The maximum absolute atomic E-state index is 6.42. The molecule has 0 aliphatic rings. The number of benzene rings is 9. The number of furan rings is 2. The Bertz CT molecular complexity index is 3580. The lowest BCUT2D eigenvalue weighted by Gasteiger charge is -2.10. The summed E-state index contributed by atoms with van der Waals surface area (Å²) in [6.07, 6.45) is 0. The molecule has 0 saturated heterocycles. The molecule has 0 bridgehead atoms. The summed E-state index contributed by atoms with van der Waals surface area (Å²) in [7, 11) is 0. The van der Waals surface area contributed by atoms with Gasteiger partial charge in [-0.05, 0) is 46.5 Å². The quantitative estimate of drug-likeness (QED) is 0.175. The highest BCUT2D eigenvalue weighted by atomic mass is 32.1. The second-order valence-electron chi connectivity index (χ2n) is 15.4. The van der Waals surface area contributed by atoms with Gasteiger partial charge in [-0.25, -0.2) is 4.98 Å². The molecule has 0 saturated carbocycles. The number of fused-ring (bicyclic) bond motifs is 10. The molecule has 5 heteroatoms. The lowest BCUT2D eigenvalue weighted by Crippen LogP contribution is -1.92. The molecular formula is C55H32N2O2S. The van der Waals surface area contributed by atoms with E-state index in [1.807, 2.05) is 24.3 Å². The van der Waals surface area contributed by atoms with Crippen LogP contribution < -0.4 is 0 Å². The van der Waals surface area contributed by atoms with Crippen molar-refractivity contribution in [2.24, 2.45) is 0 Å². The van der Waals surface area contributed by atoms with Gasteiger partial charge in [-0.2, -0.15) is 0 Å². The van der Waals surface area contributed by atoms with E-state index in [1.54, 1.807) is 11.3 Å². The van der Waals surface area contributed by atoms with Crippen molar-refractivity contribution >= 4 is 87.2 Å². The number of hydrogen-bond acceptors (Lipinski definition) is 4. The van der Waals surface area contributed by atoms with Crippen LogP contribution in [0.4, 0.5) is 0 Å². The molecule has 4 heterocycles. The standard InChI is InChI=1S/C55H32N2O2S/c1-5-19-47-41(11-1)42-12-2-6-20-48(42)57(47)55-56-51-37(33-23-25-34(26-24-33)38-15-9-17-45-43-13-3-7-21-49(43)58-52(38)45)31-32-40(54(51)60-55)36-29-27-35(28-30-36)39-16-10-18-46-44-14-4-8-22-50(44)59-53(39)46/h1-32H. The van der Waals surface area contributed by atoms with Crippen LogP contribution in [0.1, 0.15) is 0 Å². The van der Waals surface area contributed by atoms with Crippen molar-refractivity contribution in [2.45, 2.75) is 0 Å². The fraction of sp³-hybridized carbons (Fsp3) is 0. The Morgan fingerprint density at radius 3 is 1.30 bits per heavy atom. The van der Waals surface area contributed by atoms with Crippen LogP contribution in [0, 0.1) is 0 Å². The van der Waals surface area contributed by atoms with E-state index in [9.17, 15) is 0 Å². The van der Waals surface area contributed by atoms with E-state index in [0.29, 0.717) is 0 Å². The monoisotopic (exact) mass is 784 g/mol. The van der Waals surface area contributed by atoms with Crippen LogP contribution in [0.3, 0.4) is 0 Å². The maximum atomic E-state index is 6.42. The van der Waals surface area contributed by atoms with Gasteiger partial charge in [-0.1, -0.05) is 181 Å². The first-order valence-electron chi connectivity index (χ1n) is 20.2. The van der Waals surface area contributed by atoms with Crippen molar-refractivity contribution in [2.75, 3.05) is 0 Å². The minimum absolute atomic E-state index is 0.903. The molecule has 0 unspecified atom stereocenters. The molecule has 60 heavy (non-hydrogen) atoms. The fourth-order valence-electron chi connectivity index (χ4n) is 9.29. The van der Waals surface area contributed by atoms with Crippen LogP contribution >= 0.6 is 11.3 Å². The molecule has 13 rings (SSSR count). The molecule has 4 nitrogen and oxygen atoms in total. The number of nitrogens with zero attached hydrogens (tertiary/aromatic N) is 2. The molecule has 280 valence electrons. The summed E-state index contributed by atoms with van der Waals surface area (Å²) < 4.78 is 16.3. The Morgan fingerprint density at radius 1 is 0.350 bits per heavy atom. The van der Waals surface area contributed by atoms with Crippen LogP contribution in [0.15, 0.2) is 203 Å². The number of hydrogen-bond donors (Lipinski definition) is 0. The number of aromatic nitrogens is 2. The minimum Gasteiger partial charge on any atom is -0.455 e. The van der Waals surface area contributed by atoms with E-state index in [1.165, 1.54) is 10.8 Å². The largest absolute Gasteiger partial charge is 0.455 e. The van der Waals surface area contributed by atoms with Crippen LogP contribution in [0.25, 0.3) is 126 Å². The van der Waals surface area contributed by atoms with Gasteiger partial charge in [0.25, 0.3) is 0 Å². The SMILES string of the molecule is c1ccc2c(c1)oc1c(-c3ccc(-c4ccc(-c5ccc(-c6cccc7c6oc6ccccc67)cc5)c5sc(-n6c7ccccc7c7ccccc76)nc45)cc3)cccc12. The Hall–Kier alpha value is -7.73. The first-order valence-corrected chi connectivity index (χ1v) is 21.0. The Kier molecular flexibility index (Phi) is 7.14. The zero-order valence-electron chi connectivity index (χ0n) is 32.1. The molecule has 4 aromatic heterocycles. The third-order valence-electron chi connectivity index (χ3n) is 12.1. The molecule has 13 aromatic rings. The van der Waals surface area contributed by atoms with Gasteiger partial charge in [0.05, 0.1) is 21.3 Å². The number of thiazole rings is 1. The average molecular weight is 785 g/mol. The van der Waals surface area contributed by atoms with E-state index < -0.39 is 0 Å². The summed E-state index contributed by atoms with van der Waals surface area (Å²) in [4.78, 5) is 5.54. The normalized spacial score (nSPS) is 12.0. The Balaban J connectivity index is 0.965. The highest BCUT2D eigenvalue weighted by molar-refractivity contribution is 7.21. The van der Waals surface area contributed by atoms with Gasteiger partial charge < -0.3 is 8.83 Å². The molecule has 0 aliphatic heterocycles. The van der Waals surface area contributed by atoms with E-state index in [0.717, 1.165) is 115 Å². The van der Waals surface area contributed by atoms with Crippen molar-refractivity contribution < 1.29 is 8.83 Å². The first kappa shape index (κ1) is 33.3. The average Bonchev–Trinajstić information content (AvgIpc) is 4.09. The van der Waals surface area contributed by atoms with Gasteiger partial charge in [-0.3, -0.25) is 4.57 Å². The summed E-state index contributed by atoms with van der Waals surface area (Å²) in [5.74, 6) is 0. The third-order valence-corrected chi connectivity index (χ3v) is 13.2.